The van der Waals surface area contributed by atoms with Crippen molar-refractivity contribution in [1.29, 1.82) is 0 Å². The van der Waals surface area contributed by atoms with Crippen LogP contribution < -0.4 is 9.47 Å². The Bertz CT molecular complexity index is 1160. The van der Waals surface area contributed by atoms with Crippen molar-refractivity contribution in [2.75, 3.05) is 14.2 Å². The number of ether oxygens (including phenoxy) is 2. The van der Waals surface area contributed by atoms with Crippen LogP contribution in [0.2, 0.25) is 5.02 Å². The standard InChI is InChI=1S/C18H14ClFN4O2/c1-9-17-23-22-16-14(6-10(20)7-15(16)26-3)24(17)18(21-9)12-8-11(25-2)4-5-13(12)19/h4-8H,1-3H3. The average molecular weight is 373 g/mol. The second-order valence-corrected chi connectivity index (χ2v) is 6.11. The number of benzene rings is 2. The van der Waals surface area contributed by atoms with Crippen molar-refractivity contribution >= 4 is 28.3 Å². The molecule has 2 aromatic heterocycles. The zero-order valence-corrected chi connectivity index (χ0v) is 15.0. The van der Waals surface area contributed by atoms with Gasteiger partial charge in [0.05, 0.1) is 30.5 Å². The molecule has 0 aliphatic carbocycles. The van der Waals surface area contributed by atoms with Crippen LogP contribution in [-0.2, 0) is 0 Å². The summed E-state index contributed by atoms with van der Waals surface area (Å²) in [5.41, 5.74) is 2.72. The van der Waals surface area contributed by atoms with E-state index in [0.29, 0.717) is 50.3 Å². The number of imidazole rings is 1. The van der Waals surface area contributed by atoms with E-state index < -0.39 is 5.82 Å². The molecule has 0 fully saturated rings. The van der Waals surface area contributed by atoms with Crippen LogP contribution in [0.1, 0.15) is 5.69 Å². The predicted molar refractivity (Wildman–Crippen MR) is 96.5 cm³/mol. The van der Waals surface area contributed by atoms with Gasteiger partial charge in [-0.05, 0) is 25.1 Å². The molecule has 2 aromatic carbocycles. The Morgan fingerprint density at radius 2 is 1.88 bits per heavy atom. The highest BCUT2D eigenvalue weighted by Crippen LogP contribution is 2.34. The van der Waals surface area contributed by atoms with Gasteiger partial charge in [0.2, 0.25) is 0 Å². The molecule has 0 N–H and O–H groups in total. The number of rotatable bonds is 3. The molecule has 0 amide bonds. The van der Waals surface area contributed by atoms with Crippen LogP contribution >= 0.6 is 11.6 Å². The lowest BCUT2D eigenvalue weighted by molar-refractivity contribution is 0.415. The van der Waals surface area contributed by atoms with Crippen LogP contribution in [0, 0.1) is 12.7 Å². The topological polar surface area (TPSA) is 61.5 Å². The van der Waals surface area contributed by atoms with Crippen LogP contribution in [0.4, 0.5) is 4.39 Å². The fourth-order valence-corrected chi connectivity index (χ4v) is 3.14. The molecular formula is C18H14ClFN4O2. The third kappa shape index (κ3) is 2.43. The number of aryl methyl sites for hydroxylation is 1. The molecular weight excluding hydrogens is 359 g/mol. The summed E-state index contributed by atoms with van der Waals surface area (Å²) in [6, 6.07) is 7.90. The van der Waals surface area contributed by atoms with E-state index in [1.807, 2.05) is 6.92 Å². The summed E-state index contributed by atoms with van der Waals surface area (Å²) in [6.07, 6.45) is 0. The van der Waals surface area contributed by atoms with E-state index in [0.717, 1.165) is 0 Å². The maximum atomic E-state index is 14.1. The zero-order valence-electron chi connectivity index (χ0n) is 14.2. The van der Waals surface area contributed by atoms with Gasteiger partial charge in [0.25, 0.3) is 0 Å². The van der Waals surface area contributed by atoms with E-state index in [1.165, 1.54) is 19.2 Å². The highest BCUT2D eigenvalue weighted by atomic mass is 35.5. The van der Waals surface area contributed by atoms with Gasteiger partial charge in [0.15, 0.2) is 16.9 Å². The molecule has 132 valence electrons. The summed E-state index contributed by atoms with van der Waals surface area (Å²) >= 11 is 6.39. The van der Waals surface area contributed by atoms with Gasteiger partial charge in [-0.15, -0.1) is 10.2 Å². The molecule has 26 heavy (non-hydrogen) atoms. The first-order chi connectivity index (χ1) is 12.5. The number of methoxy groups -OCH3 is 2. The molecule has 6 nitrogen and oxygen atoms in total. The van der Waals surface area contributed by atoms with Crippen molar-refractivity contribution in [3.05, 3.63) is 46.9 Å². The van der Waals surface area contributed by atoms with Gasteiger partial charge in [-0.3, -0.25) is 4.40 Å². The van der Waals surface area contributed by atoms with Gasteiger partial charge in [-0.2, -0.15) is 0 Å². The smallest absolute Gasteiger partial charge is 0.183 e. The van der Waals surface area contributed by atoms with E-state index in [-0.39, 0.29) is 0 Å². The summed E-state index contributed by atoms with van der Waals surface area (Å²) in [6.45, 7) is 1.81. The Labute approximate surface area is 153 Å². The Balaban J connectivity index is 2.16. The molecule has 0 spiro atoms. The molecule has 8 heteroatoms. The first-order valence-corrected chi connectivity index (χ1v) is 8.14. The van der Waals surface area contributed by atoms with Crippen molar-refractivity contribution in [3.8, 4) is 22.9 Å². The minimum atomic E-state index is -0.447. The molecule has 0 radical (unpaired) electrons. The third-order valence-electron chi connectivity index (χ3n) is 4.16. The number of hydrogen-bond acceptors (Lipinski definition) is 5. The van der Waals surface area contributed by atoms with Crippen molar-refractivity contribution in [2.45, 2.75) is 6.92 Å². The first-order valence-electron chi connectivity index (χ1n) is 7.76. The molecule has 0 bridgehead atoms. The lowest BCUT2D eigenvalue weighted by Gasteiger charge is -2.10. The maximum Gasteiger partial charge on any atom is 0.183 e. The zero-order chi connectivity index (χ0) is 18.4. The number of hydrogen-bond donors (Lipinski definition) is 0. The van der Waals surface area contributed by atoms with Gasteiger partial charge < -0.3 is 9.47 Å². The first kappa shape index (κ1) is 16.5. The minimum Gasteiger partial charge on any atom is -0.497 e. The number of nitrogens with zero attached hydrogens (tertiary/aromatic N) is 4. The van der Waals surface area contributed by atoms with Gasteiger partial charge in [-0.1, -0.05) is 11.6 Å². The van der Waals surface area contributed by atoms with E-state index in [9.17, 15) is 4.39 Å². The lowest BCUT2D eigenvalue weighted by atomic mass is 10.2. The van der Waals surface area contributed by atoms with Crippen LogP contribution in [0.5, 0.6) is 11.5 Å². The molecule has 0 aliphatic rings. The van der Waals surface area contributed by atoms with Crippen molar-refractivity contribution in [1.82, 2.24) is 19.6 Å². The number of aromatic nitrogens is 4. The van der Waals surface area contributed by atoms with E-state index >= 15 is 0 Å². The fraction of sp³-hybridized carbons (Fsp3) is 0.167. The second-order valence-electron chi connectivity index (χ2n) is 5.70. The van der Waals surface area contributed by atoms with Crippen LogP contribution in [-0.4, -0.2) is 33.8 Å². The minimum absolute atomic E-state index is 0.295. The monoisotopic (exact) mass is 372 g/mol. The molecule has 0 unspecified atom stereocenters. The fourth-order valence-electron chi connectivity index (χ4n) is 2.93. The SMILES string of the molecule is COc1ccc(Cl)c(-c2nc(C)c3nnc4c(OC)cc(F)cc4n23)c1. The third-order valence-corrected chi connectivity index (χ3v) is 4.49. The average Bonchev–Trinajstić information content (AvgIpc) is 2.98. The molecule has 0 atom stereocenters. The van der Waals surface area contributed by atoms with E-state index in [2.05, 4.69) is 15.2 Å². The van der Waals surface area contributed by atoms with Crippen LogP contribution in [0.15, 0.2) is 30.3 Å². The van der Waals surface area contributed by atoms with Crippen molar-refractivity contribution < 1.29 is 13.9 Å². The highest BCUT2D eigenvalue weighted by Gasteiger charge is 2.19. The Morgan fingerprint density at radius 3 is 2.62 bits per heavy atom. The second kappa shape index (κ2) is 6.10. The normalized spacial score (nSPS) is 11.3. The summed E-state index contributed by atoms with van der Waals surface area (Å²) in [5.74, 6) is 1.00. The number of halogens is 2. The molecule has 4 rings (SSSR count). The predicted octanol–water partition coefficient (Wildman–Crippen LogP) is 4.06. The summed E-state index contributed by atoms with van der Waals surface area (Å²) < 4.78 is 26.4. The maximum absolute atomic E-state index is 14.1. The molecule has 4 aromatic rings. The quantitative estimate of drug-likeness (QED) is 0.542. The summed E-state index contributed by atoms with van der Waals surface area (Å²) in [5, 5.41) is 8.92. The molecule has 2 heterocycles. The Morgan fingerprint density at radius 1 is 1.08 bits per heavy atom. The highest BCUT2D eigenvalue weighted by molar-refractivity contribution is 6.33. The van der Waals surface area contributed by atoms with Crippen LogP contribution in [0.25, 0.3) is 28.1 Å². The largest absolute Gasteiger partial charge is 0.497 e. The van der Waals surface area contributed by atoms with E-state index in [4.69, 9.17) is 21.1 Å². The van der Waals surface area contributed by atoms with Gasteiger partial charge in [0, 0.05) is 17.7 Å². The summed E-state index contributed by atoms with van der Waals surface area (Å²) in [4.78, 5) is 4.59. The Kier molecular flexibility index (Phi) is 3.88. The van der Waals surface area contributed by atoms with Crippen LogP contribution in [0.3, 0.4) is 0 Å². The molecule has 0 saturated heterocycles. The van der Waals surface area contributed by atoms with Crippen molar-refractivity contribution in [2.24, 2.45) is 0 Å². The van der Waals surface area contributed by atoms with Gasteiger partial charge >= 0.3 is 0 Å². The molecule has 0 aliphatic heterocycles. The van der Waals surface area contributed by atoms with Gasteiger partial charge in [0.1, 0.15) is 17.4 Å². The Hall–Kier alpha value is -2.93. The molecule has 0 saturated carbocycles. The number of fused-ring (bicyclic) bond motifs is 3. The van der Waals surface area contributed by atoms with Gasteiger partial charge in [-0.25, -0.2) is 9.37 Å². The lowest BCUT2D eigenvalue weighted by Crippen LogP contribution is -2.00. The van der Waals surface area contributed by atoms with Crippen molar-refractivity contribution in [3.63, 3.8) is 0 Å². The van der Waals surface area contributed by atoms with E-state index in [1.54, 1.807) is 29.7 Å². The summed E-state index contributed by atoms with van der Waals surface area (Å²) in [7, 11) is 3.03.